The summed E-state index contributed by atoms with van der Waals surface area (Å²) in [5.41, 5.74) is 0. The zero-order valence-corrected chi connectivity index (χ0v) is 12.6. The first-order chi connectivity index (χ1) is 8.36. The highest BCUT2D eigenvalue weighted by atomic mass is 32.2. The van der Waals surface area contributed by atoms with Crippen molar-refractivity contribution in [3.05, 3.63) is 0 Å². The Kier molecular flexibility index (Phi) is 9.27. The summed E-state index contributed by atoms with van der Waals surface area (Å²) in [6, 6.07) is 0. The fourth-order valence-corrected chi connectivity index (χ4v) is 3.45. The molecule has 1 fully saturated rings. The molecule has 0 aromatic heterocycles. The minimum atomic E-state index is 0.525. The molecule has 1 nitrogen and oxygen atoms in total. The van der Waals surface area contributed by atoms with E-state index in [1.165, 1.54) is 69.3 Å². The van der Waals surface area contributed by atoms with Gasteiger partial charge in [-0.15, -0.1) is 0 Å². The highest BCUT2D eigenvalue weighted by Gasteiger charge is 2.16. The van der Waals surface area contributed by atoms with Crippen molar-refractivity contribution in [2.24, 2.45) is 0 Å². The molecule has 2 atom stereocenters. The van der Waals surface area contributed by atoms with Gasteiger partial charge in [-0.1, -0.05) is 39.5 Å². The van der Waals surface area contributed by atoms with Gasteiger partial charge in [0, 0.05) is 0 Å². The molecule has 102 valence electrons. The SMILES string of the molecule is CCCCCC[C@@H]1CCCSCC[C@@H](CC)O1. The Bertz CT molecular complexity index is 172. The van der Waals surface area contributed by atoms with Gasteiger partial charge in [0.1, 0.15) is 0 Å². The van der Waals surface area contributed by atoms with Crippen molar-refractivity contribution in [3.63, 3.8) is 0 Å². The fraction of sp³-hybridized carbons (Fsp3) is 1.00. The molecule has 1 saturated heterocycles. The highest BCUT2D eigenvalue weighted by molar-refractivity contribution is 7.99. The van der Waals surface area contributed by atoms with E-state index in [0.717, 1.165) is 0 Å². The summed E-state index contributed by atoms with van der Waals surface area (Å²) >= 11 is 2.12. The number of hydrogen-bond acceptors (Lipinski definition) is 2. The maximum Gasteiger partial charge on any atom is 0.0584 e. The summed E-state index contributed by atoms with van der Waals surface area (Å²) in [5, 5.41) is 0. The molecule has 1 aliphatic rings. The maximum absolute atomic E-state index is 6.29. The van der Waals surface area contributed by atoms with Gasteiger partial charge in [0.25, 0.3) is 0 Å². The fourth-order valence-electron chi connectivity index (χ4n) is 2.45. The Balaban J connectivity index is 2.26. The van der Waals surface area contributed by atoms with Crippen molar-refractivity contribution in [3.8, 4) is 0 Å². The second-order valence-corrected chi connectivity index (χ2v) is 6.41. The van der Waals surface area contributed by atoms with E-state index < -0.39 is 0 Å². The number of unbranched alkanes of at least 4 members (excludes halogenated alkanes) is 3. The van der Waals surface area contributed by atoms with Gasteiger partial charge in [0.05, 0.1) is 12.2 Å². The van der Waals surface area contributed by atoms with Gasteiger partial charge >= 0.3 is 0 Å². The lowest BCUT2D eigenvalue weighted by Gasteiger charge is -2.23. The lowest BCUT2D eigenvalue weighted by atomic mass is 10.0. The third-order valence-corrected chi connectivity index (χ3v) is 4.72. The second kappa shape index (κ2) is 10.3. The monoisotopic (exact) mass is 258 g/mol. The van der Waals surface area contributed by atoms with Crippen molar-refractivity contribution in [1.29, 1.82) is 0 Å². The lowest BCUT2D eigenvalue weighted by molar-refractivity contribution is -0.0236. The Labute approximate surface area is 112 Å². The topological polar surface area (TPSA) is 9.23 Å². The first-order valence-corrected chi connectivity index (χ1v) is 8.75. The van der Waals surface area contributed by atoms with Crippen LogP contribution in [-0.2, 0) is 4.74 Å². The van der Waals surface area contributed by atoms with Crippen LogP contribution in [-0.4, -0.2) is 23.7 Å². The van der Waals surface area contributed by atoms with E-state index in [1.807, 2.05) is 0 Å². The smallest absolute Gasteiger partial charge is 0.0584 e. The van der Waals surface area contributed by atoms with Gasteiger partial charge < -0.3 is 4.74 Å². The van der Waals surface area contributed by atoms with Crippen LogP contribution in [0.5, 0.6) is 0 Å². The van der Waals surface area contributed by atoms with Gasteiger partial charge in [-0.05, 0) is 43.6 Å². The summed E-state index contributed by atoms with van der Waals surface area (Å²) < 4.78 is 6.29. The molecule has 0 spiro atoms. The summed E-state index contributed by atoms with van der Waals surface area (Å²) in [6.07, 6.45) is 12.9. The zero-order chi connectivity index (χ0) is 12.3. The minimum absolute atomic E-state index is 0.525. The van der Waals surface area contributed by atoms with E-state index in [0.29, 0.717) is 12.2 Å². The number of thioether (sulfide) groups is 1. The molecule has 0 aromatic rings. The van der Waals surface area contributed by atoms with Crippen LogP contribution in [0.4, 0.5) is 0 Å². The molecule has 0 unspecified atom stereocenters. The predicted molar refractivity (Wildman–Crippen MR) is 78.9 cm³/mol. The molecule has 2 heteroatoms. The molecule has 1 aliphatic heterocycles. The van der Waals surface area contributed by atoms with Crippen LogP contribution < -0.4 is 0 Å². The first kappa shape index (κ1) is 15.4. The summed E-state index contributed by atoms with van der Waals surface area (Å²) in [6.45, 7) is 4.54. The molecule has 0 bridgehead atoms. The summed E-state index contributed by atoms with van der Waals surface area (Å²) in [5.74, 6) is 2.63. The van der Waals surface area contributed by atoms with Crippen LogP contribution in [0.15, 0.2) is 0 Å². The van der Waals surface area contributed by atoms with Crippen molar-refractivity contribution >= 4 is 11.8 Å². The van der Waals surface area contributed by atoms with Gasteiger partial charge in [-0.3, -0.25) is 0 Å². The maximum atomic E-state index is 6.29. The van der Waals surface area contributed by atoms with Gasteiger partial charge in [-0.25, -0.2) is 0 Å². The molecule has 17 heavy (non-hydrogen) atoms. The molecular formula is C15H30OS. The third kappa shape index (κ3) is 7.35. The normalized spacial score (nSPS) is 27.2. The summed E-state index contributed by atoms with van der Waals surface area (Å²) in [7, 11) is 0. The molecule has 1 heterocycles. The molecule has 0 amide bonds. The summed E-state index contributed by atoms with van der Waals surface area (Å²) in [4.78, 5) is 0. The van der Waals surface area contributed by atoms with Crippen LogP contribution in [0, 0.1) is 0 Å². The lowest BCUT2D eigenvalue weighted by Crippen LogP contribution is -2.22. The molecule has 0 saturated carbocycles. The van der Waals surface area contributed by atoms with Crippen molar-refractivity contribution in [1.82, 2.24) is 0 Å². The third-order valence-electron chi connectivity index (χ3n) is 3.62. The second-order valence-electron chi connectivity index (χ2n) is 5.18. The van der Waals surface area contributed by atoms with E-state index in [2.05, 4.69) is 25.6 Å². The number of hydrogen-bond donors (Lipinski definition) is 0. The van der Waals surface area contributed by atoms with Crippen LogP contribution in [0.2, 0.25) is 0 Å². The quantitative estimate of drug-likeness (QED) is 0.617. The van der Waals surface area contributed by atoms with E-state index in [-0.39, 0.29) is 0 Å². The van der Waals surface area contributed by atoms with Gasteiger partial charge in [-0.2, -0.15) is 11.8 Å². The molecule has 0 radical (unpaired) electrons. The zero-order valence-electron chi connectivity index (χ0n) is 11.7. The van der Waals surface area contributed by atoms with Gasteiger partial charge in [0.15, 0.2) is 0 Å². The molecule has 0 aliphatic carbocycles. The average Bonchev–Trinajstić information content (AvgIpc) is 2.46. The predicted octanol–water partition coefficient (Wildman–Crippen LogP) is 5.04. The van der Waals surface area contributed by atoms with Crippen molar-refractivity contribution < 1.29 is 4.74 Å². The van der Waals surface area contributed by atoms with Crippen molar-refractivity contribution in [2.75, 3.05) is 11.5 Å². The van der Waals surface area contributed by atoms with Crippen LogP contribution in [0.25, 0.3) is 0 Å². The standard InChI is InChI=1S/C15H30OS/c1-3-5-6-7-9-15-10-8-12-17-13-11-14(4-2)16-15/h14-15H,3-13H2,1-2H3/t14-,15-/m1/s1. The van der Waals surface area contributed by atoms with E-state index >= 15 is 0 Å². The van der Waals surface area contributed by atoms with Crippen LogP contribution in [0.1, 0.15) is 71.6 Å². The molecule has 0 N–H and O–H groups in total. The Morgan fingerprint density at radius 2 is 1.88 bits per heavy atom. The first-order valence-electron chi connectivity index (χ1n) is 7.60. The van der Waals surface area contributed by atoms with Crippen LogP contribution in [0.3, 0.4) is 0 Å². The molecule has 0 aromatic carbocycles. The molecule has 1 rings (SSSR count). The van der Waals surface area contributed by atoms with Crippen LogP contribution >= 0.6 is 11.8 Å². The Morgan fingerprint density at radius 3 is 2.65 bits per heavy atom. The highest BCUT2D eigenvalue weighted by Crippen LogP contribution is 2.22. The number of ether oxygens (including phenoxy) is 1. The minimum Gasteiger partial charge on any atom is -0.375 e. The van der Waals surface area contributed by atoms with E-state index in [1.54, 1.807) is 0 Å². The Hall–Kier alpha value is 0.310. The van der Waals surface area contributed by atoms with E-state index in [9.17, 15) is 0 Å². The van der Waals surface area contributed by atoms with E-state index in [4.69, 9.17) is 4.74 Å². The van der Waals surface area contributed by atoms with Gasteiger partial charge in [0.2, 0.25) is 0 Å². The van der Waals surface area contributed by atoms with Crippen molar-refractivity contribution in [2.45, 2.75) is 83.8 Å². The average molecular weight is 258 g/mol. The Morgan fingerprint density at radius 1 is 1.00 bits per heavy atom. The largest absolute Gasteiger partial charge is 0.375 e. The molecular weight excluding hydrogens is 228 g/mol. The number of rotatable bonds is 6.